The molecule has 0 aromatic carbocycles. The number of carboxylic acid groups (broad SMARTS) is 1. The van der Waals surface area contributed by atoms with Crippen LogP contribution in [0.25, 0.3) is 0 Å². The lowest BCUT2D eigenvalue weighted by Gasteiger charge is -2.57. The second-order valence-electron chi connectivity index (χ2n) is 8.77. The van der Waals surface area contributed by atoms with Gasteiger partial charge in [-0.1, -0.05) is 0 Å². The van der Waals surface area contributed by atoms with Crippen LogP contribution in [0.5, 0.6) is 0 Å². The van der Waals surface area contributed by atoms with Gasteiger partial charge in [-0.3, -0.25) is 19.2 Å². The van der Waals surface area contributed by atoms with E-state index in [1.54, 1.807) is 20.8 Å². The van der Waals surface area contributed by atoms with Gasteiger partial charge >= 0.3 is 6.09 Å². The molecule has 1 aliphatic carbocycles. The van der Waals surface area contributed by atoms with Gasteiger partial charge in [-0.25, -0.2) is 14.2 Å². The zero-order chi connectivity index (χ0) is 20.5. The molecule has 1 spiro atoms. The molecule has 28 heavy (non-hydrogen) atoms. The van der Waals surface area contributed by atoms with E-state index in [9.17, 15) is 18.5 Å². The summed E-state index contributed by atoms with van der Waals surface area (Å²) in [5, 5.41) is 11.1. The SMILES string of the molecule is CC1(C)C(NC(=O)O)=N[C@](C)(c2nc(Br)ccc2F)[C@H]2CC3(CC3)CN[SH]21=O. The Kier molecular flexibility index (Phi) is 4.31. The third-order valence-corrected chi connectivity index (χ3v) is 11.1. The van der Waals surface area contributed by atoms with Crippen LogP contribution in [0.4, 0.5) is 9.18 Å². The first-order valence-corrected chi connectivity index (χ1v) is 11.8. The number of thiol groups is 1. The van der Waals surface area contributed by atoms with Gasteiger partial charge in [0.05, 0.1) is 10.00 Å². The summed E-state index contributed by atoms with van der Waals surface area (Å²) in [6, 6.07) is 2.79. The number of halogens is 2. The van der Waals surface area contributed by atoms with Crippen LogP contribution < -0.4 is 10.0 Å². The van der Waals surface area contributed by atoms with Crippen molar-refractivity contribution >= 4 is 38.0 Å². The molecule has 154 valence electrons. The van der Waals surface area contributed by atoms with Gasteiger partial charge in [0.2, 0.25) is 0 Å². The van der Waals surface area contributed by atoms with E-state index in [1.807, 2.05) is 0 Å². The topological polar surface area (TPSA) is 104 Å². The van der Waals surface area contributed by atoms with Crippen LogP contribution in [-0.2, 0) is 15.7 Å². The summed E-state index contributed by atoms with van der Waals surface area (Å²) < 4.78 is 31.9. The Labute approximate surface area is 172 Å². The number of nitrogens with one attached hydrogen (secondary N) is 2. The third-order valence-electron chi connectivity index (χ3n) is 6.63. The molecule has 0 radical (unpaired) electrons. The number of pyridine rings is 1. The molecule has 1 amide bonds. The highest BCUT2D eigenvalue weighted by molar-refractivity contribution is 9.10. The van der Waals surface area contributed by atoms with Crippen molar-refractivity contribution in [3.8, 4) is 0 Å². The number of amides is 1. The molecule has 1 saturated heterocycles. The summed E-state index contributed by atoms with van der Waals surface area (Å²) in [7, 11) is -3.22. The van der Waals surface area contributed by atoms with Crippen molar-refractivity contribution in [2.24, 2.45) is 10.4 Å². The first kappa shape index (κ1) is 19.9. The monoisotopic (exact) mass is 474 g/mol. The Morgan fingerprint density at radius 2 is 2.07 bits per heavy atom. The largest absolute Gasteiger partial charge is 0.465 e. The Morgan fingerprint density at radius 3 is 2.68 bits per heavy atom. The molecule has 10 heteroatoms. The minimum atomic E-state index is -3.22. The number of aromatic nitrogens is 1. The molecule has 1 saturated carbocycles. The Balaban J connectivity index is 1.97. The van der Waals surface area contributed by atoms with Crippen molar-refractivity contribution in [2.45, 2.75) is 55.6 Å². The molecule has 3 heterocycles. The number of nitrogens with zero attached hydrogens (tertiary/aromatic N) is 2. The summed E-state index contributed by atoms with van der Waals surface area (Å²) in [4.78, 5) is 20.4. The number of amidine groups is 1. The van der Waals surface area contributed by atoms with Crippen molar-refractivity contribution in [1.29, 1.82) is 0 Å². The highest BCUT2D eigenvalue weighted by atomic mass is 79.9. The summed E-state index contributed by atoms with van der Waals surface area (Å²) in [5.74, 6) is -0.478. The molecule has 2 fully saturated rings. The number of hydrogen-bond acceptors (Lipinski definition) is 4. The van der Waals surface area contributed by atoms with Gasteiger partial charge in [0.1, 0.15) is 27.5 Å². The summed E-state index contributed by atoms with van der Waals surface area (Å²) in [5.41, 5.74) is -1.13. The maximum atomic E-state index is 14.9. The van der Waals surface area contributed by atoms with E-state index >= 15 is 0 Å². The van der Waals surface area contributed by atoms with E-state index in [4.69, 9.17) is 4.99 Å². The second kappa shape index (κ2) is 6.06. The summed E-state index contributed by atoms with van der Waals surface area (Å²) in [6.07, 6.45) is 1.42. The van der Waals surface area contributed by atoms with Crippen LogP contribution in [-0.4, -0.2) is 42.8 Å². The first-order chi connectivity index (χ1) is 12.9. The number of fused-ring (bicyclic) bond motifs is 1. The van der Waals surface area contributed by atoms with Crippen molar-refractivity contribution in [3.05, 3.63) is 28.2 Å². The Bertz CT molecular complexity index is 949. The Morgan fingerprint density at radius 1 is 1.39 bits per heavy atom. The van der Waals surface area contributed by atoms with Crippen LogP contribution in [0.3, 0.4) is 0 Å². The highest BCUT2D eigenvalue weighted by Gasteiger charge is 2.63. The molecule has 7 nitrogen and oxygen atoms in total. The molecule has 2 atom stereocenters. The summed E-state index contributed by atoms with van der Waals surface area (Å²) >= 11 is 3.28. The van der Waals surface area contributed by atoms with Crippen molar-refractivity contribution < 1.29 is 18.5 Å². The van der Waals surface area contributed by atoms with Crippen LogP contribution in [0.1, 0.15) is 45.7 Å². The molecule has 2 aliphatic heterocycles. The predicted molar refractivity (Wildman–Crippen MR) is 110 cm³/mol. The molecule has 1 aromatic heterocycles. The van der Waals surface area contributed by atoms with Crippen LogP contribution in [0.15, 0.2) is 21.7 Å². The highest BCUT2D eigenvalue weighted by Crippen LogP contribution is 2.59. The van der Waals surface area contributed by atoms with E-state index < -0.39 is 37.6 Å². The quantitative estimate of drug-likeness (QED) is 0.371. The molecule has 0 bridgehead atoms. The number of rotatable bonds is 1. The van der Waals surface area contributed by atoms with Gasteiger partial charge in [0, 0.05) is 6.54 Å². The lowest BCUT2D eigenvalue weighted by Crippen LogP contribution is -2.71. The smallest absolute Gasteiger partial charge is 0.410 e. The normalized spacial score (nSPS) is 32.8. The van der Waals surface area contributed by atoms with Crippen molar-refractivity contribution in [2.75, 3.05) is 6.54 Å². The maximum Gasteiger partial charge on any atom is 0.410 e. The third kappa shape index (κ3) is 2.75. The lowest BCUT2D eigenvalue weighted by molar-refractivity contribution is 0.199. The molecular weight excluding hydrogens is 451 g/mol. The number of carbonyl (C=O) groups is 1. The van der Waals surface area contributed by atoms with E-state index in [2.05, 4.69) is 31.0 Å². The van der Waals surface area contributed by atoms with Gasteiger partial charge in [0.25, 0.3) is 0 Å². The molecule has 4 rings (SSSR count). The molecule has 1 aromatic rings. The van der Waals surface area contributed by atoms with Crippen molar-refractivity contribution in [3.63, 3.8) is 0 Å². The standard InChI is InChI=1S/C18H24BrFN4O3S/c1-16(2)14(23-15(25)26)24-17(3,13-10(20)4-5-12(19)22-13)11-8-18(6-7-18)9-21-28(11,16)27/h4-5,11,28H,6-9H2,1-3H3,(H,21,27)(H,23,24)(H,25,26)/t11-,17+/m1/s1. The average Bonchev–Trinajstić information content (AvgIpc) is 3.36. The van der Waals surface area contributed by atoms with Gasteiger partial charge in [0.15, 0.2) is 0 Å². The molecule has 3 aliphatic rings. The maximum absolute atomic E-state index is 14.9. The predicted octanol–water partition coefficient (Wildman–Crippen LogP) is 2.73. The van der Waals surface area contributed by atoms with E-state index in [0.29, 0.717) is 17.6 Å². The van der Waals surface area contributed by atoms with E-state index in [-0.39, 0.29) is 16.9 Å². The van der Waals surface area contributed by atoms with E-state index in [0.717, 1.165) is 12.8 Å². The zero-order valence-electron chi connectivity index (χ0n) is 15.9. The lowest BCUT2D eigenvalue weighted by atomic mass is 9.84. The second-order valence-corrected chi connectivity index (χ2v) is 13.0. The summed E-state index contributed by atoms with van der Waals surface area (Å²) in [6.45, 7) is 5.80. The minimum Gasteiger partial charge on any atom is -0.465 e. The fourth-order valence-electron chi connectivity index (χ4n) is 4.57. The minimum absolute atomic E-state index is 0.0612. The fourth-order valence-corrected chi connectivity index (χ4v) is 8.80. The molecular formula is C18H24BrFN4O3S. The van der Waals surface area contributed by atoms with Crippen LogP contribution >= 0.6 is 15.9 Å². The van der Waals surface area contributed by atoms with Crippen molar-refractivity contribution in [1.82, 2.24) is 15.0 Å². The fraction of sp³-hybridized carbons (Fsp3) is 0.611. The van der Waals surface area contributed by atoms with Crippen LogP contribution in [0, 0.1) is 11.2 Å². The van der Waals surface area contributed by atoms with Crippen LogP contribution in [0.2, 0.25) is 0 Å². The Hall–Kier alpha value is -1.39. The average molecular weight is 475 g/mol. The van der Waals surface area contributed by atoms with Gasteiger partial charge in [-0.15, -0.1) is 0 Å². The van der Waals surface area contributed by atoms with Gasteiger partial charge < -0.3 is 5.11 Å². The van der Waals surface area contributed by atoms with Gasteiger partial charge in [-0.2, -0.15) is 0 Å². The molecule has 3 N–H and O–H groups in total. The van der Waals surface area contributed by atoms with E-state index in [1.165, 1.54) is 12.1 Å². The van der Waals surface area contributed by atoms with Gasteiger partial charge in [-0.05, 0) is 83.6 Å². The first-order valence-electron chi connectivity index (χ1n) is 9.21. The number of hydrogen-bond donors (Lipinski definition) is 4. The zero-order valence-corrected chi connectivity index (χ0v) is 18.4. The number of aliphatic imine (C=N–C) groups is 1. The molecule has 0 unspecified atom stereocenters.